The third kappa shape index (κ3) is 3.45. The van der Waals surface area contributed by atoms with Crippen molar-refractivity contribution >= 4 is 11.6 Å². The van der Waals surface area contributed by atoms with Gasteiger partial charge in [0.15, 0.2) is 24.0 Å². The second-order valence-electron chi connectivity index (χ2n) is 7.70. The summed E-state index contributed by atoms with van der Waals surface area (Å²) >= 11 is 0. The van der Waals surface area contributed by atoms with Crippen LogP contribution >= 0.6 is 0 Å². The molecule has 3 aliphatic heterocycles. The van der Waals surface area contributed by atoms with Gasteiger partial charge in [0.1, 0.15) is 29.9 Å². The Bertz CT molecular complexity index is 770. The highest BCUT2D eigenvalue weighted by Crippen LogP contribution is 2.44. The minimum absolute atomic E-state index is 0.288. The average Bonchev–Trinajstić information content (AvgIpc) is 3.04. The third-order valence-electron chi connectivity index (χ3n) is 4.60. The molecule has 1 aromatic carbocycles. The second-order valence-corrected chi connectivity index (χ2v) is 7.70. The highest BCUT2D eigenvalue weighted by atomic mass is 19.1. The highest BCUT2D eigenvalue weighted by molar-refractivity contribution is 5.95. The van der Waals surface area contributed by atoms with Gasteiger partial charge >= 0.3 is 0 Å². The number of halogens is 2. The molecule has 9 heteroatoms. The van der Waals surface area contributed by atoms with Crippen molar-refractivity contribution in [2.75, 3.05) is 5.32 Å². The molecule has 0 spiro atoms. The van der Waals surface area contributed by atoms with Crippen LogP contribution in [0.2, 0.25) is 0 Å². The van der Waals surface area contributed by atoms with Gasteiger partial charge in [-0.3, -0.25) is 4.79 Å². The molecule has 7 nitrogen and oxygen atoms in total. The largest absolute Gasteiger partial charge is 0.342 e. The van der Waals surface area contributed by atoms with Crippen molar-refractivity contribution in [1.82, 2.24) is 0 Å². The molecule has 1 aromatic rings. The van der Waals surface area contributed by atoms with E-state index in [0.29, 0.717) is 0 Å². The number of hydrogen-bond donors (Lipinski definition) is 1. The lowest BCUT2D eigenvalue weighted by Gasteiger charge is -2.36. The molecule has 4 rings (SSSR count). The standard InChI is InChI=1S/C18H21F2NO6/c1-17(2)24-11-12(25-17)14-16(27-18(3,4)26-14)23-13(11)15(22)21-10-7-8(19)5-6-9(10)20/h5-7,11-14,16H,1-4H3,(H,21,22)/t11-,12+,13+,14-,16-/m1/s1. The van der Waals surface area contributed by atoms with Gasteiger partial charge < -0.3 is 29.0 Å². The summed E-state index contributed by atoms with van der Waals surface area (Å²) in [7, 11) is 0. The van der Waals surface area contributed by atoms with Gasteiger partial charge in [-0.25, -0.2) is 8.78 Å². The number of carbonyl (C=O) groups excluding carboxylic acids is 1. The van der Waals surface area contributed by atoms with E-state index in [0.717, 1.165) is 18.2 Å². The number of amides is 1. The number of ether oxygens (including phenoxy) is 5. The Balaban J connectivity index is 1.60. The van der Waals surface area contributed by atoms with Crippen LogP contribution in [0.15, 0.2) is 18.2 Å². The van der Waals surface area contributed by atoms with Crippen LogP contribution in [0.4, 0.5) is 14.5 Å². The molecule has 3 aliphatic rings. The topological polar surface area (TPSA) is 75.3 Å². The number of carbonyl (C=O) groups is 1. The maximum atomic E-state index is 13.9. The highest BCUT2D eigenvalue weighted by Gasteiger charge is 2.62. The predicted molar refractivity (Wildman–Crippen MR) is 87.5 cm³/mol. The maximum Gasteiger partial charge on any atom is 0.256 e. The first kappa shape index (κ1) is 18.7. The van der Waals surface area contributed by atoms with Crippen LogP contribution in [-0.4, -0.2) is 48.2 Å². The third-order valence-corrected chi connectivity index (χ3v) is 4.60. The molecule has 1 N–H and O–H groups in total. The average molecular weight is 385 g/mol. The normalized spacial score (nSPS) is 36.1. The molecule has 27 heavy (non-hydrogen) atoms. The molecule has 5 atom stereocenters. The van der Waals surface area contributed by atoms with Crippen LogP contribution in [-0.2, 0) is 28.5 Å². The van der Waals surface area contributed by atoms with Gasteiger partial charge in [0.2, 0.25) is 0 Å². The van der Waals surface area contributed by atoms with Crippen LogP contribution in [0.5, 0.6) is 0 Å². The van der Waals surface area contributed by atoms with Crippen molar-refractivity contribution in [3.63, 3.8) is 0 Å². The molecule has 3 saturated heterocycles. The lowest BCUT2D eigenvalue weighted by molar-refractivity contribution is -0.229. The van der Waals surface area contributed by atoms with Gasteiger partial charge in [0.25, 0.3) is 5.91 Å². The Kier molecular flexibility index (Phi) is 4.28. The van der Waals surface area contributed by atoms with Gasteiger partial charge in [0.05, 0.1) is 5.69 Å². The molecular formula is C18H21F2NO6. The molecule has 0 bridgehead atoms. The molecule has 0 saturated carbocycles. The molecule has 0 aliphatic carbocycles. The number of fused-ring (bicyclic) bond motifs is 3. The van der Waals surface area contributed by atoms with E-state index in [4.69, 9.17) is 23.7 Å². The summed E-state index contributed by atoms with van der Waals surface area (Å²) < 4.78 is 56.4. The number of rotatable bonds is 2. The lowest BCUT2D eigenvalue weighted by Crippen LogP contribution is -2.58. The first-order valence-electron chi connectivity index (χ1n) is 8.67. The first-order valence-corrected chi connectivity index (χ1v) is 8.67. The summed E-state index contributed by atoms with van der Waals surface area (Å²) in [4.78, 5) is 12.8. The number of nitrogens with one attached hydrogen (secondary N) is 1. The van der Waals surface area contributed by atoms with E-state index >= 15 is 0 Å². The van der Waals surface area contributed by atoms with Crippen molar-refractivity contribution in [3.05, 3.63) is 29.8 Å². The second kappa shape index (κ2) is 6.18. The molecule has 0 aromatic heterocycles. The quantitative estimate of drug-likeness (QED) is 0.842. The van der Waals surface area contributed by atoms with Crippen molar-refractivity contribution in [1.29, 1.82) is 0 Å². The SMILES string of the molecule is CC1(C)O[C@H]2[C@@H](O1)[C@@H](C(=O)Nc1cc(F)ccc1F)O[C@@H]1OC(C)(C)O[C@@H]12. The van der Waals surface area contributed by atoms with Gasteiger partial charge in [-0.2, -0.15) is 0 Å². The van der Waals surface area contributed by atoms with Gasteiger partial charge in [-0.15, -0.1) is 0 Å². The summed E-state index contributed by atoms with van der Waals surface area (Å²) in [5, 5.41) is 2.35. The first-order chi connectivity index (χ1) is 12.5. The predicted octanol–water partition coefficient (Wildman–Crippen LogP) is 2.30. The fourth-order valence-electron chi connectivity index (χ4n) is 3.62. The Labute approximate surface area is 154 Å². The molecule has 0 radical (unpaired) electrons. The van der Waals surface area contributed by atoms with Crippen LogP contribution in [0, 0.1) is 11.6 Å². The minimum atomic E-state index is -1.15. The van der Waals surface area contributed by atoms with Crippen molar-refractivity contribution in [2.45, 2.75) is 70.0 Å². The molecule has 1 amide bonds. The molecule has 3 fully saturated rings. The smallest absolute Gasteiger partial charge is 0.256 e. The van der Waals surface area contributed by atoms with Gasteiger partial charge in [-0.1, -0.05) is 0 Å². The van der Waals surface area contributed by atoms with Crippen molar-refractivity contribution in [3.8, 4) is 0 Å². The fourth-order valence-corrected chi connectivity index (χ4v) is 3.62. The maximum absolute atomic E-state index is 13.9. The van der Waals surface area contributed by atoms with Crippen LogP contribution in [0.25, 0.3) is 0 Å². The zero-order valence-electron chi connectivity index (χ0n) is 15.3. The Hall–Kier alpha value is -1.65. The lowest BCUT2D eigenvalue weighted by atomic mass is 9.98. The molecule has 0 unspecified atom stereocenters. The fraction of sp³-hybridized carbons (Fsp3) is 0.611. The van der Waals surface area contributed by atoms with Crippen LogP contribution in [0.3, 0.4) is 0 Å². The van der Waals surface area contributed by atoms with Crippen molar-refractivity contribution < 1.29 is 37.3 Å². The van der Waals surface area contributed by atoms with Gasteiger partial charge in [0, 0.05) is 6.07 Å². The minimum Gasteiger partial charge on any atom is -0.342 e. The molecule has 3 heterocycles. The summed E-state index contributed by atoms with van der Waals surface area (Å²) in [5.74, 6) is -4.02. The number of benzene rings is 1. The monoisotopic (exact) mass is 385 g/mol. The zero-order valence-corrected chi connectivity index (χ0v) is 15.3. The van der Waals surface area contributed by atoms with Crippen LogP contribution < -0.4 is 5.32 Å². The Morgan fingerprint density at radius 3 is 2.33 bits per heavy atom. The summed E-state index contributed by atoms with van der Waals surface area (Å²) in [5.41, 5.74) is -0.288. The Morgan fingerprint density at radius 2 is 1.59 bits per heavy atom. The summed E-state index contributed by atoms with van der Waals surface area (Å²) in [6.45, 7) is 6.87. The van der Waals surface area contributed by atoms with E-state index in [9.17, 15) is 13.6 Å². The van der Waals surface area contributed by atoms with Gasteiger partial charge in [-0.05, 0) is 39.8 Å². The van der Waals surface area contributed by atoms with Crippen molar-refractivity contribution in [2.24, 2.45) is 0 Å². The number of anilines is 1. The van der Waals surface area contributed by atoms with E-state index in [1.165, 1.54) is 0 Å². The van der Waals surface area contributed by atoms with E-state index < -0.39 is 59.8 Å². The molecular weight excluding hydrogens is 364 g/mol. The van der Waals surface area contributed by atoms with Crippen LogP contribution in [0.1, 0.15) is 27.7 Å². The Morgan fingerprint density at radius 1 is 0.963 bits per heavy atom. The van der Waals surface area contributed by atoms with E-state index in [-0.39, 0.29) is 5.69 Å². The van der Waals surface area contributed by atoms with E-state index in [1.807, 2.05) is 0 Å². The van der Waals surface area contributed by atoms with E-state index in [1.54, 1.807) is 27.7 Å². The summed E-state index contributed by atoms with van der Waals surface area (Å²) in [6.07, 6.45) is -4.00. The zero-order chi connectivity index (χ0) is 19.6. The summed E-state index contributed by atoms with van der Waals surface area (Å²) in [6, 6.07) is 2.79. The molecule has 148 valence electrons. The van der Waals surface area contributed by atoms with E-state index in [2.05, 4.69) is 5.32 Å². The number of hydrogen-bond acceptors (Lipinski definition) is 6.